The van der Waals surface area contributed by atoms with E-state index < -0.39 is 0 Å². The zero-order valence-corrected chi connectivity index (χ0v) is 13.4. The topological polar surface area (TPSA) is 29.3 Å². The maximum absolute atomic E-state index is 6.09. The molecule has 0 aliphatic rings. The van der Waals surface area contributed by atoms with Crippen LogP contribution in [0.3, 0.4) is 0 Å². The molecule has 1 aromatic heterocycles. The first-order valence-corrected chi connectivity index (χ1v) is 8.07. The molecule has 0 spiro atoms. The summed E-state index contributed by atoms with van der Waals surface area (Å²) < 4.78 is 0. The van der Waals surface area contributed by atoms with Crippen molar-refractivity contribution in [2.75, 3.05) is 13.1 Å². The lowest BCUT2D eigenvalue weighted by molar-refractivity contribution is 0.204. The number of nitrogens with two attached hydrogens (primary N) is 1. The van der Waals surface area contributed by atoms with Crippen LogP contribution in [0.5, 0.6) is 0 Å². The molecule has 1 aromatic carbocycles. The average molecular weight is 288 g/mol. The van der Waals surface area contributed by atoms with Crippen molar-refractivity contribution in [3.05, 3.63) is 57.3 Å². The lowest BCUT2D eigenvalue weighted by Crippen LogP contribution is -2.33. The second-order valence-electron chi connectivity index (χ2n) is 5.25. The van der Waals surface area contributed by atoms with E-state index in [2.05, 4.69) is 61.4 Å². The van der Waals surface area contributed by atoms with Gasteiger partial charge in [-0.1, -0.05) is 36.8 Å². The summed E-state index contributed by atoms with van der Waals surface area (Å²) in [5.74, 6) is 0. The molecule has 20 heavy (non-hydrogen) atoms. The monoisotopic (exact) mass is 288 g/mol. The van der Waals surface area contributed by atoms with E-state index >= 15 is 0 Å². The fraction of sp³-hybridized carbons (Fsp3) is 0.412. The van der Waals surface area contributed by atoms with Crippen molar-refractivity contribution in [3.8, 4) is 0 Å². The highest BCUT2D eigenvalue weighted by Gasteiger charge is 2.20. The number of likely N-dealkylation sites (N-methyl/N-ethyl adjacent to an activating group) is 1. The zero-order valence-electron chi connectivity index (χ0n) is 12.6. The Bertz CT molecular complexity index is 534. The average Bonchev–Trinajstić information content (AvgIpc) is 2.95. The van der Waals surface area contributed by atoms with E-state index in [1.54, 1.807) is 0 Å². The minimum atomic E-state index is 0.294. The molecule has 1 unspecified atom stereocenters. The van der Waals surface area contributed by atoms with Gasteiger partial charge < -0.3 is 5.73 Å². The first kappa shape index (κ1) is 15.2. The molecule has 0 aliphatic heterocycles. The molecular formula is C17H24N2S. The molecule has 0 bridgehead atoms. The number of hydrogen-bond acceptors (Lipinski definition) is 3. The van der Waals surface area contributed by atoms with Crippen molar-refractivity contribution in [3.63, 3.8) is 0 Å². The lowest BCUT2D eigenvalue weighted by Gasteiger charge is -2.31. The molecule has 2 rings (SSSR count). The second-order valence-corrected chi connectivity index (χ2v) is 6.29. The molecule has 2 N–H and O–H groups in total. The van der Waals surface area contributed by atoms with E-state index in [1.165, 1.54) is 21.6 Å². The van der Waals surface area contributed by atoms with E-state index in [9.17, 15) is 0 Å². The Hall–Kier alpha value is -1.16. The van der Waals surface area contributed by atoms with Gasteiger partial charge in [-0.2, -0.15) is 0 Å². The van der Waals surface area contributed by atoms with Gasteiger partial charge in [0.2, 0.25) is 0 Å². The third-order valence-electron chi connectivity index (χ3n) is 3.80. The summed E-state index contributed by atoms with van der Waals surface area (Å²) in [7, 11) is 0. The third-order valence-corrected chi connectivity index (χ3v) is 4.66. The van der Waals surface area contributed by atoms with Gasteiger partial charge in [0.05, 0.1) is 0 Å². The summed E-state index contributed by atoms with van der Waals surface area (Å²) >= 11 is 1.81. The molecule has 1 heterocycles. The smallest absolute Gasteiger partial charge is 0.0476 e. The van der Waals surface area contributed by atoms with E-state index in [-0.39, 0.29) is 0 Å². The maximum Gasteiger partial charge on any atom is 0.0476 e. The standard InChI is InChI=1S/C17H24N2S/c1-4-19(12-15-6-5-9-20-15)17(11-18)16-10-13(2)7-8-14(16)3/h5-10,17H,4,11-12,18H2,1-3H3. The normalized spacial score (nSPS) is 12.8. The highest BCUT2D eigenvalue weighted by molar-refractivity contribution is 7.09. The van der Waals surface area contributed by atoms with E-state index in [1.807, 2.05) is 11.3 Å². The van der Waals surface area contributed by atoms with Gasteiger partial charge in [-0.25, -0.2) is 0 Å². The highest BCUT2D eigenvalue weighted by atomic mass is 32.1. The Balaban J connectivity index is 2.26. The predicted molar refractivity (Wildman–Crippen MR) is 88.1 cm³/mol. The van der Waals surface area contributed by atoms with Crippen molar-refractivity contribution < 1.29 is 0 Å². The number of aryl methyl sites for hydroxylation is 2. The third kappa shape index (κ3) is 3.48. The van der Waals surface area contributed by atoms with Gasteiger partial charge in [-0.15, -0.1) is 11.3 Å². The number of hydrogen-bond donors (Lipinski definition) is 1. The molecule has 0 radical (unpaired) electrons. The Kier molecular flexibility index (Phi) is 5.35. The summed E-state index contributed by atoms with van der Waals surface area (Å²) in [6, 6.07) is 11.3. The van der Waals surface area contributed by atoms with Gasteiger partial charge >= 0.3 is 0 Å². The van der Waals surface area contributed by atoms with Crippen LogP contribution in [0.15, 0.2) is 35.7 Å². The first-order valence-electron chi connectivity index (χ1n) is 7.19. The van der Waals surface area contributed by atoms with Crippen LogP contribution in [0.25, 0.3) is 0 Å². The van der Waals surface area contributed by atoms with Gasteiger partial charge in [0.15, 0.2) is 0 Å². The van der Waals surface area contributed by atoms with Gasteiger partial charge in [0.25, 0.3) is 0 Å². The first-order chi connectivity index (χ1) is 9.65. The summed E-state index contributed by atoms with van der Waals surface area (Å²) in [5, 5.41) is 2.14. The number of rotatable bonds is 6. The summed E-state index contributed by atoms with van der Waals surface area (Å²) in [6.07, 6.45) is 0. The van der Waals surface area contributed by atoms with Crippen molar-refractivity contribution in [2.45, 2.75) is 33.4 Å². The fourth-order valence-corrected chi connectivity index (χ4v) is 3.37. The van der Waals surface area contributed by atoms with Crippen molar-refractivity contribution in [1.29, 1.82) is 0 Å². The summed E-state index contributed by atoms with van der Waals surface area (Å²) in [5.41, 5.74) is 10.1. The van der Waals surface area contributed by atoms with Gasteiger partial charge in [-0.05, 0) is 43.0 Å². The van der Waals surface area contributed by atoms with Crippen LogP contribution in [-0.2, 0) is 6.54 Å². The minimum Gasteiger partial charge on any atom is -0.329 e. The molecule has 0 fully saturated rings. The molecule has 2 aromatic rings. The fourth-order valence-electron chi connectivity index (χ4n) is 2.64. The van der Waals surface area contributed by atoms with Crippen molar-refractivity contribution in [2.24, 2.45) is 5.73 Å². The number of thiophene rings is 1. The van der Waals surface area contributed by atoms with Crippen molar-refractivity contribution in [1.82, 2.24) is 4.90 Å². The molecule has 3 heteroatoms. The van der Waals surface area contributed by atoms with Crippen LogP contribution in [0.1, 0.15) is 34.5 Å². The van der Waals surface area contributed by atoms with E-state index in [0.29, 0.717) is 12.6 Å². The van der Waals surface area contributed by atoms with Gasteiger partial charge in [0, 0.05) is 24.0 Å². The summed E-state index contributed by atoms with van der Waals surface area (Å²) in [6.45, 7) is 9.17. The SMILES string of the molecule is CCN(Cc1cccs1)C(CN)c1cc(C)ccc1C. The van der Waals surface area contributed by atoms with Crippen molar-refractivity contribution >= 4 is 11.3 Å². The van der Waals surface area contributed by atoms with E-state index in [4.69, 9.17) is 5.73 Å². The van der Waals surface area contributed by atoms with Crippen LogP contribution in [0.4, 0.5) is 0 Å². The molecule has 0 amide bonds. The van der Waals surface area contributed by atoms with Crippen LogP contribution in [0.2, 0.25) is 0 Å². The largest absolute Gasteiger partial charge is 0.329 e. The van der Waals surface area contributed by atoms with Crippen LogP contribution in [-0.4, -0.2) is 18.0 Å². The Morgan fingerprint density at radius 1 is 1.25 bits per heavy atom. The number of nitrogens with zero attached hydrogens (tertiary/aromatic N) is 1. The Morgan fingerprint density at radius 2 is 2.05 bits per heavy atom. The van der Waals surface area contributed by atoms with Crippen LogP contribution < -0.4 is 5.73 Å². The molecule has 0 saturated heterocycles. The maximum atomic E-state index is 6.09. The Labute approximate surface area is 126 Å². The highest BCUT2D eigenvalue weighted by Crippen LogP contribution is 2.26. The predicted octanol–water partition coefficient (Wildman–Crippen LogP) is 3.89. The Morgan fingerprint density at radius 3 is 2.65 bits per heavy atom. The molecule has 108 valence electrons. The zero-order chi connectivity index (χ0) is 14.5. The second kappa shape index (κ2) is 7.02. The summed E-state index contributed by atoms with van der Waals surface area (Å²) in [4.78, 5) is 3.86. The van der Waals surface area contributed by atoms with E-state index in [0.717, 1.165) is 13.1 Å². The van der Waals surface area contributed by atoms with Crippen LogP contribution in [0, 0.1) is 13.8 Å². The molecule has 0 saturated carbocycles. The van der Waals surface area contributed by atoms with Crippen LogP contribution >= 0.6 is 11.3 Å². The molecule has 0 aliphatic carbocycles. The van der Waals surface area contributed by atoms with Gasteiger partial charge in [-0.3, -0.25) is 4.90 Å². The number of benzene rings is 1. The van der Waals surface area contributed by atoms with Gasteiger partial charge in [0.1, 0.15) is 0 Å². The quantitative estimate of drug-likeness (QED) is 0.874. The molecule has 2 nitrogen and oxygen atoms in total. The molecular weight excluding hydrogens is 264 g/mol. The lowest BCUT2D eigenvalue weighted by atomic mass is 9.97. The molecule has 1 atom stereocenters. The minimum absolute atomic E-state index is 0.294.